The average molecular weight is 402 g/mol. The summed E-state index contributed by atoms with van der Waals surface area (Å²) in [5.74, 6) is 0.886. The minimum Gasteiger partial charge on any atom is -0.464 e. The van der Waals surface area contributed by atoms with E-state index in [-0.39, 0.29) is 12.6 Å². The van der Waals surface area contributed by atoms with Crippen molar-refractivity contribution in [3.63, 3.8) is 0 Å². The lowest BCUT2D eigenvalue weighted by Gasteiger charge is -2.32. The summed E-state index contributed by atoms with van der Waals surface area (Å²) in [5, 5.41) is 9.90. The predicted molar refractivity (Wildman–Crippen MR) is 101 cm³/mol. The quantitative estimate of drug-likeness (QED) is 0.715. The molecule has 9 nitrogen and oxygen atoms in total. The van der Waals surface area contributed by atoms with E-state index < -0.39 is 16.1 Å². The number of sulfonamides is 1. The van der Waals surface area contributed by atoms with Crippen molar-refractivity contribution in [2.45, 2.75) is 25.9 Å². The molecule has 0 aliphatic carbocycles. The standard InChI is InChI=1S/C18H18N4O5S/c1-11-7-14-15(9-22(11)28(2,25)26)19-10-20-17(14)27-13-3-4-16-12(8-13)5-6-21(16)18(23)24/h3-6,8,10-11H,7,9H2,1-2H3,(H,23,24)/t11-/m0/s1. The Morgan fingerprint density at radius 2 is 2.07 bits per heavy atom. The van der Waals surface area contributed by atoms with Gasteiger partial charge in [-0.1, -0.05) is 0 Å². The lowest BCUT2D eigenvalue weighted by Crippen LogP contribution is -2.42. The summed E-state index contributed by atoms with van der Waals surface area (Å²) in [6.45, 7) is 2.01. The highest BCUT2D eigenvalue weighted by Gasteiger charge is 2.32. The van der Waals surface area contributed by atoms with Gasteiger partial charge < -0.3 is 9.84 Å². The molecule has 1 aromatic carbocycles. The molecule has 1 atom stereocenters. The Morgan fingerprint density at radius 3 is 2.79 bits per heavy atom. The molecule has 146 valence electrons. The van der Waals surface area contributed by atoms with Crippen LogP contribution in [0, 0.1) is 0 Å². The largest absolute Gasteiger partial charge is 0.464 e. The zero-order valence-electron chi connectivity index (χ0n) is 15.2. The molecule has 2 aromatic heterocycles. The van der Waals surface area contributed by atoms with E-state index in [2.05, 4.69) is 9.97 Å². The maximum Gasteiger partial charge on any atom is 0.415 e. The van der Waals surface area contributed by atoms with Crippen molar-refractivity contribution >= 4 is 27.0 Å². The Labute approximate surface area is 161 Å². The molecule has 0 bridgehead atoms. The highest BCUT2D eigenvalue weighted by molar-refractivity contribution is 7.88. The van der Waals surface area contributed by atoms with Crippen LogP contribution >= 0.6 is 0 Å². The molecule has 0 spiro atoms. The van der Waals surface area contributed by atoms with Crippen LogP contribution in [0.3, 0.4) is 0 Å². The Bertz CT molecular complexity index is 1190. The topological polar surface area (TPSA) is 115 Å². The van der Waals surface area contributed by atoms with Crippen molar-refractivity contribution < 1.29 is 23.1 Å². The molecule has 10 heteroatoms. The molecule has 0 fully saturated rings. The zero-order chi connectivity index (χ0) is 20.1. The van der Waals surface area contributed by atoms with Gasteiger partial charge >= 0.3 is 6.09 Å². The number of hydrogen-bond acceptors (Lipinski definition) is 6. The molecule has 0 radical (unpaired) electrons. The lowest BCUT2D eigenvalue weighted by molar-refractivity contribution is 0.197. The van der Waals surface area contributed by atoms with E-state index in [1.807, 2.05) is 6.92 Å². The number of ether oxygens (including phenoxy) is 1. The SMILES string of the molecule is C[C@H]1Cc2c(ncnc2Oc2ccc3c(ccn3C(=O)O)c2)CN1S(C)(=O)=O. The third-order valence-corrected chi connectivity index (χ3v) is 6.14. The van der Waals surface area contributed by atoms with Crippen molar-refractivity contribution in [1.82, 2.24) is 18.8 Å². The monoisotopic (exact) mass is 402 g/mol. The summed E-state index contributed by atoms with van der Waals surface area (Å²) < 4.78 is 32.4. The van der Waals surface area contributed by atoms with Crippen LogP contribution in [0.5, 0.6) is 11.6 Å². The third kappa shape index (κ3) is 3.20. The van der Waals surface area contributed by atoms with E-state index in [1.54, 1.807) is 24.3 Å². The molecule has 0 unspecified atom stereocenters. The van der Waals surface area contributed by atoms with E-state index in [4.69, 9.17) is 4.74 Å². The minimum absolute atomic E-state index is 0.175. The number of nitrogens with zero attached hydrogens (tertiary/aromatic N) is 4. The predicted octanol–water partition coefficient (Wildman–Crippen LogP) is 2.46. The first kappa shape index (κ1) is 18.4. The lowest BCUT2D eigenvalue weighted by atomic mass is 10.0. The maximum atomic E-state index is 12.0. The third-order valence-electron chi connectivity index (χ3n) is 4.80. The fourth-order valence-electron chi connectivity index (χ4n) is 3.47. The summed E-state index contributed by atoms with van der Waals surface area (Å²) in [4.78, 5) is 19.7. The van der Waals surface area contributed by atoms with Crippen molar-refractivity contribution in [1.29, 1.82) is 0 Å². The number of aromatic nitrogens is 3. The van der Waals surface area contributed by atoms with Crippen LogP contribution in [-0.4, -0.2) is 50.8 Å². The number of carboxylic acid groups (broad SMARTS) is 1. The molecule has 4 rings (SSSR count). The molecule has 1 aliphatic rings. The number of benzene rings is 1. The molecule has 3 heterocycles. The smallest absolute Gasteiger partial charge is 0.415 e. The van der Waals surface area contributed by atoms with Gasteiger partial charge in [0.1, 0.15) is 12.1 Å². The molecule has 0 amide bonds. The fraction of sp³-hybridized carbons (Fsp3) is 0.278. The minimum atomic E-state index is -3.34. The van der Waals surface area contributed by atoms with Gasteiger partial charge in [-0.25, -0.2) is 23.2 Å². The summed E-state index contributed by atoms with van der Waals surface area (Å²) in [5.41, 5.74) is 1.95. The zero-order valence-corrected chi connectivity index (χ0v) is 16.0. The molecule has 28 heavy (non-hydrogen) atoms. The number of hydrogen-bond donors (Lipinski definition) is 1. The van der Waals surface area contributed by atoms with Gasteiger partial charge in [-0.15, -0.1) is 0 Å². The second-order valence-corrected chi connectivity index (χ2v) is 8.69. The van der Waals surface area contributed by atoms with Crippen LogP contribution in [0.15, 0.2) is 36.8 Å². The second kappa shape index (κ2) is 6.57. The van der Waals surface area contributed by atoms with Gasteiger partial charge in [-0.2, -0.15) is 4.31 Å². The first-order valence-corrected chi connectivity index (χ1v) is 10.4. The summed E-state index contributed by atoms with van der Waals surface area (Å²) >= 11 is 0. The van der Waals surface area contributed by atoms with E-state index in [0.717, 1.165) is 15.5 Å². The summed E-state index contributed by atoms with van der Waals surface area (Å²) in [7, 11) is -3.34. The summed E-state index contributed by atoms with van der Waals surface area (Å²) in [6, 6.07) is 6.53. The van der Waals surface area contributed by atoms with Gasteiger partial charge in [0.05, 0.1) is 24.0 Å². The molecule has 3 aromatic rings. The van der Waals surface area contributed by atoms with Crippen LogP contribution in [-0.2, 0) is 23.0 Å². The van der Waals surface area contributed by atoms with Gasteiger partial charge in [0.15, 0.2) is 0 Å². The Morgan fingerprint density at radius 1 is 1.29 bits per heavy atom. The van der Waals surface area contributed by atoms with Gasteiger partial charge in [0.25, 0.3) is 0 Å². The van der Waals surface area contributed by atoms with Crippen LogP contribution in [0.1, 0.15) is 18.2 Å². The fourth-order valence-corrected chi connectivity index (χ4v) is 4.55. The molecule has 0 saturated heterocycles. The molecule has 1 N–H and O–H groups in total. The molecular weight excluding hydrogens is 384 g/mol. The first-order chi connectivity index (χ1) is 13.2. The average Bonchev–Trinajstić information content (AvgIpc) is 3.04. The van der Waals surface area contributed by atoms with Crippen molar-refractivity contribution in [3.8, 4) is 11.6 Å². The van der Waals surface area contributed by atoms with E-state index >= 15 is 0 Å². The van der Waals surface area contributed by atoms with Gasteiger partial charge in [-0.3, -0.25) is 4.57 Å². The maximum absolute atomic E-state index is 12.0. The van der Waals surface area contributed by atoms with Gasteiger partial charge in [-0.05, 0) is 37.6 Å². The van der Waals surface area contributed by atoms with Crippen molar-refractivity contribution in [2.24, 2.45) is 0 Å². The van der Waals surface area contributed by atoms with Crippen molar-refractivity contribution in [3.05, 3.63) is 48.0 Å². The van der Waals surface area contributed by atoms with Crippen LogP contribution in [0.4, 0.5) is 4.79 Å². The number of carbonyl (C=O) groups is 1. The Hall–Kier alpha value is -2.98. The molecule has 0 saturated carbocycles. The van der Waals surface area contributed by atoms with Gasteiger partial charge in [0.2, 0.25) is 15.9 Å². The number of rotatable bonds is 3. The molecule has 1 aliphatic heterocycles. The second-order valence-electron chi connectivity index (χ2n) is 6.76. The van der Waals surface area contributed by atoms with Crippen molar-refractivity contribution in [2.75, 3.05) is 6.26 Å². The van der Waals surface area contributed by atoms with Gasteiger partial charge in [0, 0.05) is 23.2 Å². The summed E-state index contributed by atoms with van der Waals surface area (Å²) in [6.07, 6.45) is 3.40. The van der Waals surface area contributed by atoms with E-state index in [1.165, 1.54) is 23.1 Å². The Kier molecular flexibility index (Phi) is 4.31. The highest BCUT2D eigenvalue weighted by Crippen LogP contribution is 2.32. The number of fused-ring (bicyclic) bond motifs is 2. The van der Waals surface area contributed by atoms with Crippen LogP contribution in [0.2, 0.25) is 0 Å². The van der Waals surface area contributed by atoms with E-state index in [0.29, 0.717) is 29.3 Å². The van der Waals surface area contributed by atoms with E-state index in [9.17, 15) is 18.3 Å². The Balaban J connectivity index is 1.67. The normalized spacial score (nSPS) is 17.4. The van der Waals surface area contributed by atoms with Crippen LogP contribution < -0.4 is 4.74 Å². The highest BCUT2D eigenvalue weighted by atomic mass is 32.2. The molecular formula is C18H18N4O5S. The first-order valence-electron chi connectivity index (χ1n) is 8.56. The van der Waals surface area contributed by atoms with Crippen LogP contribution in [0.25, 0.3) is 10.9 Å².